The number of carbonyl (C=O) groups is 1. The van der Waals surface area contributed by atoms with E-state index in [2.05, 4.69) is 32.1 Å². The van der Waals surface area contributed by atoms with E-state index in [4.69, 9.17) is 9.47 Å². The van der Waals surface area contributed by atoms with Crippen LogP contribution in [0.5, 0.6) is 0 Å². The summed E-state index contributed by atoms with van der Waals surface area (Å²) in [6.07, 6.45) is 1.75. The molecule has 1 atom stereocenters. The summed E-state index contributed by atoms with van der Waals surface area (Å²) < 4.78 is 10.4. The zero-order chi connectivity index (χ0) is 18.5. The van der Waals surface area contributed by atoms with Gasteiger partial charge in [0.15, 0.2) is 10.8 Å². The van der Waals surface area contributed by atoms with Crippen molar-refractivity contribution in [2.75, 3.05) is 60.6 Å². The van der Waals surface area contributed by atoms with Gasteiger partial charge >= 0.3 is 5.97 Å². The van der Waals surface area contributed by atoms with Crippen molar-refractivity contribution in [2.45, 2.75) is 6.04 Å². The molecule has 1 aromatic rings. The predicted molar refractivity (Wildman–Crippen MR) is 100 cm³/mol. The van der Waals surface area contributed by atoms with Gasteiger partial charge in [-0.3, -0.25) is 9.89 Å². The molecule has 0 saturated carbocycles. The first kappa shape index (κ1) is 19.0. The van der Waals surface area contributed by atoms with Crippen molar-refractivity contribution >= 4 is 23.1 Å². The highest BCUT2D eigenvalue weighted by molar-refractivity contribution is 7.11. The molecular weight excluding hydrogens is 354 g/mol. The lowest BCUT2D eigenvalue weighted by Gasteiger charge is -2.40. The number of aromatic nitrogens is 1. The van der Waals surface area contributed by atoms with Gasteiger partial charge in [-0.2, -0.15) is 0 Å². The number of piperazine rings is 1. The summed E-state index contributed by atoms with van der Waals surface area (Å²) in [5, 5.41) is 6.05. The minimum atomic E-state index is -0.341. The highest BCUT2D eigenvalue weighted by Crippen LogP contribution is 2.18. The van der Waals surface area contributed by atoms with E-state index in [9.17, 15) is 4.79 Å². The average Bonchev–Trinajstić information content (AvgIpc) is 3.18. The Morgan fingerprint density at radius 1 is 1.42 bits per heavy atom. The first-order chi connectivity index (χ1) is 12.6. The van der Waals surface area contributed by atoms with Gasteiger partial charge in [0.2, 0.25) is 0 Å². The number of thiazole rings is 1. The first-order valence-electron chi connectivity index (χ1n) is 8.55. The van der Waals surface area contributed by atoms with Gasteiger partial charge in [-0.15, -0.1) is 11.3 Å². The SMILES string of the molecule is COCC1CN(C)CCN1CC1=C(C(=O)OC)CN=C(c2nccs2)N1. The number of aliphatic imine (C=N–C) groups is 1. The van der Waals surface area contributed by atoms with Crippen LogP contribution < -0.4 is 5.32 Å². The van der Waals surface area contributed by atoms with Crippen molar-refractivity contribution in [1.82, 2.24) is 20.1 Å². The smallest absolute Gasteiger partial charge is 0.337 e. The van der Waals surface area contributed by atoms with Crippen LogP contribution in [0.2, 0.25) is 0 Å². The predicted octanol–water partition coefficient (Wildman–Crippen LogP) is 0.182. The van der Waals surface area contributed by atoms with Crippen LogP contribution in [0, 0.1) is 0 Å². The molecule has 0 amide bonds. The minimum absolute atomic E-state index is 0.272. The molecule has 0 aliphatic carbocycles. The van der Waals surface area contributed by atoms with Gasteiger partial charge in [-0.1, -0.05) is 0 Å². The monoisotopic (exact) mass is 379 g/mol. The Morgan fingerprint density at radius 2 is 2.27 bits per heavy atom. The number of nitrogens with one attached hydrogen (secondary N) is 1. The van der Waals surface area contributed by atoms with E-state index in [1.807, 2.05) is 5.38 Å². The molecule has 0 spiro atoms. The standard InChI is InChI=1S/C17H25N5O3S/c1-21-5-6-22(12(9-21)11-24-2)10-14-13(17(23)25-3)8-19-15(20-14)16-18-4-7-26-16/h4,7,12H,5-6,8-11H2,1-3H3,(H,19,20). The number of hydrogen-bond donors (Lipinski definition) is 1. The summed E-state index contributed by atoms with van der Waals surface area (Å²) in [5.74, 6) is 0.368. The number of nitrogens with zero attached hydrogens (tertiary/aromatic N) is 4. The number of likely N-dealkylation sites (N-methyl/N-ethyl adjacent to an activating group) is 1. The van der Waals surface area contributed by atoms with Crippen molar-refractivity contribution in [1.29, 1.82) is 0 Å². The van der Waals surface area contributed by atoms with E-state index in [1.54, 1.807) is 13.3 Å². The molecule has 1 saturated heterocycles. The maximum atomic E-state index is 12.2. The number of amidine groups is 1. The van der Waals surface area contributed by atoms with E-state index < -0.39 is 0 Å². The van der Waals surface area contributed by atoms with Crippen LogP contribution in [0.15, 0.2) is 27.8 Å². The van der Waals surface area contributed by atoms with Crippen molar-refractivity contribution in [3.05, 3.63) is 27.9 Å². The zero-order valence-electron chi connectivity index (χ0n) is 15.4. The van der Waals surface area contributed by atoms with E-state index in [0.717, 1.165) is 30.3 Å². The number of esters is 1. The lowest BCUT2D eigenvalue weighted by molar-refractivity contribution is -0.136. The number of hydrogen-bond acceptors (Lipinski definition) is 9. The molecule has 142 valence electrons. The van der Waals surface area contributed by atoms with Crippen molar-refractivity contribution in [3.63, 3.8) is 0 Å². The van der Waals surface area contributed by atoms with Crippen LogP contribution in [-0.4, -0.2) is 93.2 Å². The zero-order valence-corrected chi connectivity index (χ0v) is 16.2. The fourth-order valence-electron chi connectivity index (χ4n) is 3.23. The van der Waals surface area contributed by atoms with E-state index in [-0.39, 0.29) is 12.0 Å². The summed E-state index contributed by atoms with van der Waals surface area (Å²) in [7, 11) is 5.24. The van der Waals surface area contributed by atoms with Gasteiger partial charge in [-0.05, 0) is 7.05 Å². The van der Waals surface area contributed by atoms with Crippen LogP contribution in [0.3, 0.4) is 0 Å². The third-order valence-corrected chi connectivity index (χ3v) is 5.40. The molecule has 9 heteroatoms. The molecule has 1 N–H and O–H groups in total. The maximum absolute atomic E-state index is 12.2. The molecular formula is C17H25N5O3S. The molecule has 1 aromatic heterocycles. The van der Waals surface area contributed by atoms with Crippen molar-refractivity contribution in [2.24, 2.45) is 4.99 Å². The van der Waals surface area contributed by atoms with Gasteiger partial charge in [0.25, 0.3) is 0 Å². The topological polar surface area (TPSA) is 79.3 Å². The van der Waals surface area contributed by atoms with Gasteiger partial charge < -0.3 is 19.7 Å². The summed E-state index contributed by atoms with van der Waals surface area (Å²) >= 11 is 1.52. The number of methoxy groups -OCH3 is 2. The third-order valence-electron chi connectivity index (χ3n) is 4.62. The van der Waals surface area contributed by atoms with Crippen LogP contribution in [0.25, 0.3) is 0 Å². The highest BCUT2D eigenvalue weighted by Gasteiger charge is 2.29. The fraction of sp³-hybridized carbons (Fsp3) is 0.588. The molecule has 1 unspecified atom stereocenters. The second-order valence-electron chi connectivity index (χ2n) is 6.42. The van der Waals surface area contributed by atoms with Gasteiger partial charge in [0.1, 0.15) is 0 Å². The maximum Gasteiger partial charge on any atom is 0.337 e. The molecule has 0 aromatic carbocycles. The van der Waals surface area contributed by atoms with Crippen molar-refractivity contribution in [3.8, 4) is 0 Å². The Hall–Kier alpha value is -1.81. The summed E-state index contributed by atoms with van der Waals surface area (Å²) in [4.78, 5) is 25.7. The molecule has 26 heavy (non-hydrogen) atoms. The molecule has 0 bridgehead atoms. The second-order valence-corrected chi connectivity index (χ2v) is 7.31. The van der Waals surface area contributed by atoms with E-state index in [1.165, 1.54) is 18.4 Å². The molecule has 1 fully saturated rings. The number of carbonyl (C=O) groups excluding carboxylic acids is 1. The Bertz CT molecular complexity index is 689. The molecule has 3 heterocycles. The second kappa shape index (κ2) is 8.72. The average molecular weight is 379 g/mol. The normalized spacial score (nSPS) is 22.1. The largest absolute Gasteiger partial charge is 0.466 e. The Balaban J connectivity index is 1.80. The van der Waals surface area contributed by atoms with Crippen LogP contribution in [0.4, 0.5) is 0 Å². The summed E-state index contributed by atoms with van der Waals surface area (Å²) in [5.41, 5.74) is 1.41. The van der Waals surface area contributed by atoms with Gasteiger partial charge in [0, 0.05) is 56.6 Å². The van der Waals surface area contributed by atoms with Crippen LogP contribution >= 0.6 is 11.3 Å². The highest BCUT2D eigenvalue weighted by atomic mass is 32.1. The van der Waals surface area contributed by atoms with E-state index >= 15 is 0 Å². The molecule has 8 nitrogen and oxygen atoms in total. The Labute approximate surface area is 157 Å². The lowest BCUT2D eigenvalue weighted by atomic mass is 10.1. The molecule has 0 radical (unpaired) electrons. The number of ether oxygens (including phenoxy) is 2. The molecule has 2 aliphatic rings. The minimum Gasteiger partial charge on any atom is -0.466 e. The Morgan fingerprint density at radius 3 is 2.96 bits per heavy atom. The summed E-state index contributed by atoms with van der Waals surface area (Å²) in [6, 6.07) is 0.272. The third kappa shape index (κ3) is 4.29. The number of rotatable bonds is 6. The quantitative estimate of drug-likeness (QED) is 0.707. The molecule has 3 rings (SSSR count). The fourth-order valence-corrected chi connectivity index (χ4v) is 3.83. The van der Waals surface area contributed by atoms with Crippen LogP contribution in [0.1, 0.15) is 5.01 Å². The van der Waals surface area contributed by atoms with Crippen molar-refractivity contribution < 1.29 is 14.3 Å². The van der Waals surface area contributed by atoms with Gasteiger partial charge in [-0.25, -0.2) is 9.78 Å². The Kier molecular flexibility index (Phi) is 6.36. The van der Waals surface area contributed by atoms with Gasteiger partial charge in [0.05, 0.1) is 25.8 Å². The lowest BCUT2D eigenvalue weighted by Crippen LogP contribution is -2.55. The first-order valence-corrected chi connectivity index (χ1v) is 9.43. The van der Waals surface area contributed by atoms with E-state index in [0.29, 0.717) is 31.1 Å². The summed E-state index contributed by atoms with van der Waals surface area (Å²) in [6.45, 7) is 4.40. The van der Waals surface area contributed by atoms with Crippen LogP contribution in [-0.2, 0) is 14.3 Å². The molecule has 2 aliphatic heterocycles.